The number of piperazine rings is 2. The zero-order valence-electron chi connectivity index (χ0n) is 27.6. The van der Waals surface area contributed by atoms with E-state index in [0.717, 1.165) is 11.1 Å². The highest BCUT2D eigenvalue weighted by Crippen LogP contribution is 2.38. The Balaban J connectivity index is 1.38. The van der Waals surface area contributed by atoms with Gasteiger partial charge in [0, 0.05) is 62.8 Å². The third-order valence-corrected chi connectivity index (χ3v) is 9.01. The van der Waals surface area contributed by atoms with Gasteiger partial charge < -0.3 is 19.1 Å². The van der Waals surface area contributed by atoms with Crippen molar-refractivity contribution in [1.82, 2.24) is 24.7 Å². The third-order valence-electron chi connectivity index (χ3n) is 9.01. The van der Waals surface area contributed by atoms with E-state index in [1.54, 1.807) is 6.92 Å². The van der Waals surface area contributed by atoms with Crippen molar-refractivity contribution in [2.45, 2.75) is 37.6 Å². The van der Waals surface area contributed by atoms with Gasteiger partial charge in [0.25, 0.3) is 5.91 Å². The minimum atomic E-state index is -4.58. The van der Waals surface area contributed by atoms with E-state index in [2.05, 4.69) is 44.0 Å². The van der Waals surface area contributed by atoms with Gasteiger partial charge in [-0.25, -0.2) is 0 Å². The van der Waals surface area contributed by atoms with E-state index in [1.165, 1.54) is 7.11 Å². The highest BCUT2D eigenvalue weighted by atomic mass is 19.4. The minimum Gasteiger partial charge on any atom is -0.481 e. The number of alkyl halides is 3. The smallest absolute Gasteiger partial charge is 0.422 e. The van der Waals surface area contributed by atoms with Gasteiger partial charge in [-0.2, -0.15) is 23.1 Å². The number of hydrogen-bond acceptors (Lipinski definition) is 8. The molecule has 1 amide bonds. The molecular weight excluding hydrogens is 635 g/mol. The molecule has 3 heterocycles. The van der Waals surface area contributed by atoms with Crippen LogP contribution in [0.25, 0.3) is 0 Å². The highest BCUT2D eigenvalue weighted by Gasteiger charge is 2.43. The van der Waals surface area contributed by atoms with Gasteiger partial charge >= 0.3 is 12.2 Å². The van der Waals surface area contributed by atoms with Gasteiger partial charge in [0.2, 0.25) is 11.8 Å². The molecule has 0 bridgehead atoms. The molecule has 6 rings (SSSR count). The first-order valence-electron chi connectivity index (χ1n) is 16.4. The average Bonchev–Trinajstić information content (AvgIpc) is 3.12. The second kappa shape index (κ2) is 15.3. The summed E-state index contributed by atoms with van der Waals surface area (Å²) >= 11 is 0. The van der Waals surface area contributed by atoms with Gasteiger partial charge in [0.05, 0.1) is 19.3 Å². The molecule has 0 spiro atoms. The molecule has 1 aromatic heterocycles. The van der Waals surface area contributed by atoms with Crippen LogP contribution < -0.4 is 14.2 Å². The SMILES string of the molecule is CCOc1nc(OC)c(CN2CC3CN(C(=O)c4ccccc4)CCN3C(C(c3ccccc3)c3ccccc3)C2)c(OCC(F)(F)F)n1. The van der Waals surface area contributed by atoms with Crippen LogP contribution in [-0.2, 0) is 6.54 Å². The monoisotopic (exact) mass is 675 g/mol. The lowest BCUT2D eigenvalue weighted by Gasteiger charge is -2.53. The zero-order chi connectivity index (χ0) is 34.4. The molecule has 0 radical (unpaired) electrons. The average molecular weight is 676 g/mol. The van der Waals surface area contributed by atoms with E-state index in [9.17, 15) is 18.0 Å². The maximum atomic E-state index is 13.6. The molecular formula is C37H40F3N5O4. The summed E-state index contributed by atoms with van der Waals surface area (Å²) < 4.78 is 56.3. The van der Waals surface area contributed by atoms with Crippen LogP contribution >= 0.6 is 0 Å². The Hall–Kier alpha value is -4.68. The Morgan fingerprint density at radius 1 is 0.837 bits per heavy atom. The number of benzene rings is 3. The first-order valence-corrected chi connectivity index (χ1v) is 16.4. The fourth-order valence-electron chi connectivity index (χ4n) is 6.96. The van der Waals surface area contributed by atoms with Crippen LogP contribution in [0.4, 0.5) is 13.2 Å². The lowest BCUT2D eigenvalue weighted by Crippen LogP contribution is -2.67. The number of halogens is 3. The van der Waals surface area contributed by atoms with E-state index >= 15 is 0 Å². The lowest BCUT2D eigenvalue weighted by molar-refractivity contribution is -0.154. The number of nitrogens with zero attached hydrogens (tertiary/aromatic N) is 5. The topological polar surface area (TPSA) is 80.3 Å². The first kappa shape index (κ1) is 34.2. The van der Waals surface area contributed by atoms with Crippen molar-refractivity contribution in [2.24, 2.45) is 0 Å². The minimum absolute atomic E-state index is 0.0245. The number of methoxy groups -OCH3 is 1. The largest absolute Gasteiger partial charge is 0.481 e. The Bertz CT molecular complexity index is 1640. The summed E-state index contributed by atoms with van der Waals surface area (Å²) in [5.74, 6) is -0.204. The van der Waals surface area contributed by atoms with Gasteiger partial charge in [-0.3, -0.25) is 14.6 Å². The molecule has 49 heavy (non-hydrogen) atoms. The summed E-state index contributed by atoms with van der Waals surface area (Å²) in [5.41, 5.74) is 3.23. The van der Waals surface area contributed by atoms with Crippen LogP contribution in [0.3, 0.4) is 0 Å². The quantitative estimate of drug-likeness (QED) is 0.201. The molecule has 2 aliphatic heterocycles. The molecule has 12 heteroatoms. The van der Waals surface area contributed by atoms with E-state index < -0.39 is 12.8 Å². The van der Waals surface area contributed by atoms with Crippen molar-refractivity contribution in [2.75, 3.05) is 53.0 Å². The number of hydrogen-bond donors (Lipinski definition) is 0. The summed E-state index contributed by atoms with van der Waals surface area (Å²) in [6.45, 7) is 3.44. The van der Waals surface area contributed by atoms with E-state index in [1.807, 2.05) is 71.6 Å². The number of aromatic nitrogens is 2. The van der Waals surface area contributed by atoms with Gasteiger partial charge in [-0.1, -0.05) is 78.9 Å². The Labute approximate surface area is 284 Å². The molecule has 258 valence electrons. The molecule has 4 aromatic rings. The van der Waals surface area contributed by atoms with Crippen molar-refractivity contribution < 1.29 is 32.2 Å². The molecule has 3 aromatic carbocycles. The Kier molecular flexibility index (Phi) is 10.6. The van der Waals surface area contributed by atoms with E-state index in [-0.39, 0.29) is 54.8 Å². The number of rotatable bonds is 11. The van der Waals surface area contributed by atoms with Crippen molar-refractivity contribution in [3.05, 3.63) is 113 Å². The number of carbonyl (C=O) groups excluding carboxylic acids is 1. The fraction of sp³-hybridized carbons (Fsp3) is 0.378. The van der Waals surface area contributed by atoms with Gasteiger partial charge in [-0.15, -0.1) is 0 Å². The van der Waals surface area contributed by atoms with Crippen LogP contribution in [0.5, 0.6) is 17.8 Å². The molecule has 2 fully saturated rings. The van der Waals surface area contributed by atoms with Crippen LogP contribution in [-0.4, -0.2) is 102 Å². The van der Waals surface area contributed by atoms with Gasteiger partial charge in [0.1, 0.15) is 0 Å². The molecule has 2 unspecified atom stereocenters. The summed E-state index contributed by atoms with van der Waals surface area (Å²) in [5, 5.41) is 0. The molecule has 0 saturated carbocycles. The Morgan fingerprint density at radius 3 is 2.04 bits per heavy atom. The summed E-state index contributed by atoms with van der Waals surface area (Å²) in [4.78, 5) is 28.8. The van der Waals surface area contributed by atoms with Crippen molar-refractivity contribution in [3.63, 3.8) is 0 Å². The maximum Gasteiger partial charge on any atom is 0.422 e. The van der Waals surface area contributed by atoms with Crippen molar-refractivity contribution in [1.29, 1.82) is 0 Å². The number of carbonyl (C=O) groups is 1. The van der Waals surface area contributed by atoms with E-state index in [4.69, 9.17) is 14.2 Å². The molecule has 2 aliphatic rings. The highest BCUT2D eigenvalue weighted by molar-refractivity contribution is 5.94. The predicted octanol–water partition coefficient (Wildman–Crippen LogP) is 5.67. The molecule has 2 saturated heterocycles. The summed E-state index contributed by atoms with van der Waals surface area (Å²) in [6, 6.07) is 29.7. The molecule has 0 aliphatic carbocycles. The van der Waals surface area contributed by atoms with Gasteiger partial charge in [0.15, 0.2) is 6.61 Å². The second-order valence-electron chi connectivity index (χ2n) is 12.2. The predicted molar refractivity (Wildman–Crippen MR) is 178 cm³/mol. The molecule has 0 N–H and O–H groups in total. The zero-order valence-corrected chi connectivity index (χ0v) is 27.6. The van der Waals surface area contributed by atoms with Crippen molar-refractivity contribution >= 4 is 5.91 Å². The standard InChI is InChI=1S/C37H40F3N5O4/c1-3-48-36-41-33(47-2)30(34(42-36)49-25-37(38,39)40)23-43-21-29-22-44(35(46)28-17-11-6-12-18-28)19-20-45(29)31(24-43)32(26-13-7-4-8-14-26)27-15-9-5-10-16-27/h4-18,29,31-32H,3,19-25H2,1-2H3. The lowest BCUT2D eigenvalue weighted by atomic mass is 9.81. The van der Waals surface area contributed by atoms with Crippen LogP contribution in [0, 0.1) is 0 Å². The third kappa shape index (κ3) is 8.14. The summed E-state index contributed by atoms with van der Waals surface area (Å²) in [7, 11) is 1.41. The normalized spacial score (nSPS) is 18.6. The first-order chi connectivity index (χ1) is 23.7. The van der Waals surface area contributed by atoms with Gasteiger partial charge in [-0.05, 0) is 30.2 Å². The fourth-order valence-corrected chi connectivity index (χ4v) is 6.96. The number of fused-ring (bicyclic) bond motifs is 1. The molecule has 2 atom stereocenters. The van der Waals surface area contributed by atoms with Crippen LogP contribution in [0.15, 0.2) is 91.0 Å². The molecule has 9 nitrogen and oxygen atoms in total. The maximum absolute atomic E-state index is 13.6. The second-order valence-corrected chi connectivity index (χ2v) is 12.2. The Morgan fingerprint density at radius 2 is 1.45 bits per heavy atom. The van der Waals surface area contributed by atoms with E-state index in [0.29, 0.717) is 43.9 Å². The number of amides is 1. The number of ether oxygens (including phenoxy) is 3. The summed E-state index contributed by atoms with van der Waals surface area (Å²) in [6.07, 6.45) is -4.58. The van der Waals surface area contributed by atoms with Crippen LogP contribution in [0.2, 0.25) is 0 Å². The van der Waals surface area contributed by atoms with Crippen LogP contribution in [0.1, 0.15) is 39.9 Å². The van der Waals surface area contributed by atoms with Crippen molar-refractivity contribution in [3.8, 4) is 17.8 Å².